The van der Waals surface area contributed by atoms with Crippen LogP contribution in [-0.4, -0.2) is 36.2 Å². The first-order valence-electron chi connectivity index (χ1n) is 6.60. The number of carbonyl (C=O) groups is 1. The van der Waals surface area contributed by atoms with E-state index in [1.54, 1.807) is 0 Å². The van der Waals surface area contributed by atoms with Gasteiger partial charge < -0.3 is 15.7 Å². The Labute approximate surface area is 104 Å². The van der Waals surface area contributed by atoms with Crippen LogP contribution in [0.3, 0.4) is 0 Å². The van der Waals surface area contributed by atoms with Gasteiger partial charge in [0.15, 0.2) is 0 Å². The molecule has 1 amide bonds. The van der Waals surface area contributed by atoms with Crippen molar-refractivity contribution in [1.29, 1.82) is 0 Å². The molecule has 1 fully saturated rings. The molecule has 4 nitrogen and oxygen atoms in total. The molecular weight excluding hydrogens is 216 g/mol. The third-order valence-electron chi connectivity index (χ3n) is 4.00. The topological polar surface area (TPSA) is 61.4 Å². The van der Waals surface area contributed by atoms with Crippen LogP contribution in [0.1, 0.15) is 46.5 Å². The van der Waals surface area contributed by atoms with Crippen molar-refractivity contribution >= 4 is 5.91 Å². The van der Waals surface area contributed by atoms with Crippen LogP contribution in [-0.2, 0) is 4.79 Å². The quantitative estimate of drug-likeness (QED) is 0.675. The molecule has 0 spiro atoms. The van der Waals surface area contributed by atoms with Crippen molar-refractivity contribution in [1.82, 2.24) is 10.6 Å². The van der Waals surface area contributed by atoms with E-state index in [1.165, 1.54) is 0 Å². The molecule has 0 aromatic carbocycles. The molecule has 17 heavy (non-hydrogen) atoms. The summed E-state index contributed by atoms with van der Waals surface area (Å²) in [6.45, 7) is 7.92. The lowest BCUT2D eigenvalue weighted by molar-refractivity contribution is -0.133. The second kappa shape index (κ2) is 5.83. The third kappa shape index (κ3) is 3.68. The minimum atomic E-state index is -0.301. The van der Waals surface area contributed by atoms with E-state index in [0.717, 1.165) is 32.4 Å². The van der Waals surface area contributed by atoms with Crippen molar-refractivity contribution in [2.24, 2.45) is 5.41 Å². The van der Waals surface area contributed by atoms with Crippen molar-refractivity contribution in [2.75, 3.05) is 19.7 Å². The van der Waals surface area contributed by atoms with Crippen LogP contribution in [0.15, 0.2) is 0 Å². The van der Waals surface area contributed by atoms with Crippen LogP contribution in [0, 0.1) is 5.41 Å². The second-order valence-electron chi connectivity index (χ2n) is 5.68. The summed E-state index contributed by atoms with van der Waals surface area (Å²) in [5, 5.41) is 15.5. The predicted molar refractivity (Wildman–Crippen MR) is 68.8 cm³/mol. The van der Waals surface area contributed by atoms with Crippen molar-refractivity contribution in [2.45, 2.75) is 52.0 Å². The van der Waals surface area contributed by atoms with E-state index in [9.17, 15) is 4.79 Å². The standard InChI is InChI=1S/C13H26N2O2/c1-4-13(3,7-9-16)15-11(17)12(2)6-5-8-14-10-12/h14,16H,4-10H2,1-3H3,(H,15,17). The van der Waals surface area contributed by atoms with Gasteiger partial charge in [-0.25, -0.2) is 0 Å². The predicted octanol–water partition coefficient (Wildman–Crippen LogP) is 1.04. The van der Waals surface area contributed by atoms with Gasteiger partial charge in [0.2, 0.25) is 5.91 Å². The van der Waals surface area contributed by atoms with E-state index < -0.39 is 0 Å². The zero-order valence-corrected chi connectivity index (χ0v) is 11.3. The Kier molecular flexibility index (Phi) is 4.95. The minimum Gasteiger partial charge on any atom is -0.396 e. The summed E-state index contributed by atoms with van der Waals surface area (Å²) in [4.78, 5) is 12.3. The monoisotopic (exact) mass is 242 g/mol. The molecule has 1 saturated heterocycles. The van der Waals surface area contributed by atoms with E-state index in [2.05, 4.69) is 10.6 Å². The van der Waals surface area contributed by atoms with Crippen molar-refractivity contribution in [3.8, 4) is 0 Å². The first kappa shape index (κ1) is 14.5. The summed E-state index contributed by atoms with van der Waals surface area (Å²) < 4.78 is 0. The molecule has 2 atom stereocenters. The number of piperidine rings is 1. The highest BCUT2D eigenvalue weighted by molar-refractivity contribution is 5.83. The summed E-state index contributed by atoms with van der Waals surface area (Å²) in [7, 11) is 0. The zero-order chi connectivity index (χ0) is 12.9. The highest BCUT2D eigenvalue weighted by atomic mass is 16.3. The Balaban J connectivity index is 2.63. The summed E-state index contributed by atoms with van der Waals surface area (Å²) >= 11 is 0. The van der Waals surface area contributed by atoms with Gasteiger partial charge in [-0.1, -0.05) is 6.92 Å². The molecule has 2 unspecified atom stereocenters. The maximum atomic E-state index is 12.3. The van der Waals surface area contributed by atoms with Gasteiger partial charge in [-0.3, -0.25) is 4.79 Å². The first-order valence-corrected chi connectivity index (χ1v) is 6.60. The molecule has 0 radical (unpaired) electrons. The number of aliphatic hydroxyl groups excluding tert-OH is 1. The van der Waals surface area contributed by atoms with Crippen molar-refractivity contribution in [3.05, 3.63) is 0 Å². The third-order valence-corrected chi connectivity index (χ3v) is 4.00. The lowest BCUT2D eigenvalue weighted by Crippen LogP contribution is -2.55. The maximum Gasteiger partial charge on any atom is 0.227 e. The van der Waals surface area contributed by atoms with Crippen LogP contribution in [0.4, 0.5) is 0 Å². The molecule has 1 aliphatic heterocycles. The molecule has 0 aliphatic carbocycles. The fraction of sp³-hybridized carbons (Fsp3) is 0.923. The zero-order valence-electron chi connectivity index (χ0n) is 11.3. The molecule has 1 rings (SSSR count). The summed E-state index contributed by atoms with van der Waals surface area (Å²) in [6, 6.07) is 0. The molecule has 0 bridgehead atoms. The summed E-state index contributed by atoms with van der Waals surface area (Å²) in [5.74, 6) is 0.113. The average molecular weight is 242 g/mol. The largest absolute Gasteiger partial charge is 0.396 e. The number of rotatable bonds is 5. The highest BCUT2D eigenvalue weighted by Crippen LogP contribution is 2.27. The van der Waals surface area contributed by atoms with Gasteiger partial charge in [-0.15, -0.1) is 0 Å². The molecular formula is C13H26N2O2. The maximum absolute atomic E-state index is 12.3. The minimum absolute atomic E-state index is 0.111. The lowest BCUT2D eigenvalue weighted by Gasteiger charge is -2.37. The van der Waals surface area contributed by atoms with Gasteiger partial charge in [-0.05, 0) is 46.1 Å². The fourth-order valence-electron chi connectivity index (χ4n) is 2.25. The Morgan fingerprint density at radius 2 is 2.29 bits per heavy atom. The average Bonchev–Trinajstić information content (AvgIpc) is 2.30. The van der Waals surface area contributed by atoms with Gasteiger partial charge in [-0.2, -0.15) is 0 Å². The normalized spacial score (nSPS) is 28.5. The molecule has 0 aromatic rings. The second-order valence-corrected chi connectivity index (χ2v) is 5.68. The Morgan fingerprint density at radius 3 is 2.76 bits per heavy atom. The summed E-state index contributed by atoms with van der Waals surface area (Å²) in [6.07, 6.45) is 3.43. The van der Waals surface area contributed by atoms with Crippen LogP contribution < -0.4 is 10.6 Å². The Bertz CT molecular complexity index is 262. The smallest absolute Gasteiger partial charge is 0.227 e. The molecule has 1 heterocycles. The van der Waals surface area contributed by atoms with Crippen molar-refractivity contribution < 1.29 is 9.90 Å². The molecule has 0 saturated carbocycles. The number of nitrogens with one attached hydrogen (secondary N) is 2. The summed E-state index contributed by atoms with van der Waals surface area (Å²) in [5.41, 5.74) is -0.587. The first-order chi connectivity index (χ1) is 7.96. The van der Waals surface area contributed by atoms with E-state index in [0.29, 0.717) is 6.42 Å². The fourth-order valence-corrected chi connectivity index (χ4v) is 2.25. The van der Waals surface area contributed by atoms with Crippen LogP contribution in [0.2, 0.25) is 0 Å². The SMILES string of the molecule is CCC(C)(CCO)NC(=O)C1(C)CCCNC1. The molecule has 0 aromatic heterocycles. The van der Waals surface area contributed by atoms with Gasteiger partial charge in [0, 0.05) is 18.7 Å². The van der Waals surface area contributed by atoms with Crippen LogP contribution in [0.5, 0.6) is 0 Å². The Hall–Kier alpha value is -0.610. The van der Waals surface area contributed by atoms with Crippen LogP contribution in [0.25, 0.3) is 0 Å². The van der Waals surface area contributed by atoms with E-state index in [1.807, 2.05) is 20.8 Å². The number of amides is 1. The van der Waals surface area contributed by atoms with E-state index >= 15 is 0 Å². The van der Waals surface area contributed by atoms with Gasteiger partial charge in [0.1, 0.15) is 0 Å². The van der Waals surface area contributed by atoms with Gasteiger partial charge in [0.25, 0.3) is 0 Å². The van der Waals surface area contributed by atoms with Crippen LogP contribution >= 0.6 is 0 Å². The lowest BCUT2D eigenvalue weighted by atomic mass is 9.80. The number of hydrogen-bond acceptors (Lipinski definition) is 3. The molecule has 4 heteroatoms. The van der Waals surface area contributed by atoms with Crippen molar-refractivity contribution in [3.63, 3.8) is 0 Å². The van der Waals surface area contributed by atoms with Gasteiger partial charge in [0.05, 0.1) is 5.41 Å². The Morgan fingerprint density at radius 1 is 1.59 bits per heavy atom. The van der Waals surface area contributed by atoms with Gasteiger partial charge >= 0.3 is 0 Å². The molecule has 1 aliphatic rings. The highest BCUT2D eigenvalue weighted by Gasteiger charge is 2.37. The van der Waals surface area contributed by atoms with E-state index in [-0.39, 0.29) is 23.5 Å². The van der Waals surface area contributed by atoms with E-state index in [4.69, 9.17) is 5.11 Å². The number of hydrogen-bond donors (Lipinski definition) is 3. The molecule has 3 N–H and O–H groups in total. The molecule has 100 valence electrons. The number of aliphatic hydroxyl groups is 1. The number of carbonyl (C=O) groups excluding carboxylic acids is 1.